The molecule has 0 bridgehead atoms. The van der Waals surface area contributed by atoms with E-state index in [-0.39, 0.29) is 5.91 Å². The molecule has 0 fully saturated rings. The maximum absolute atomic E-state index is 12.6. The Kier molecular flexibility index (Phi) is 6.02. The van der Waals surface area contributed by atoms with Gasteiger partial charge in [-0.25, -0.2) is 0 Å². The third-order valence-electron chi connectivity index (χ3n) is 4.18. The highest BCUT2D eigenvalue weighted by Crippen LogP contribution is 2.32. The minimum atomic E-state index is -0.0190. The second-order valence-corrected chi connectivity index (χ2v) is 6.66. The van der Waals surface area contributed by atoms with Gasteiger partial charge < -0.3 is 10.1 Å². The van der Waals surface area contributed by atoms with E-state index < -0.39 is 0 Å². The molecule has 0 unspecified atom stereocenters. The Balaban J connectivity index is 2.28. The Morgan fingerprint density at radius 2 is 1.54 bits per heavy atom. The number of ether oxygens (including phenoxy) is 1. The number of benzene rings is 2. The van der Waals surface area contributed by atoms with Crippen LogP contribution >= 0.6 is 0 Å². The number of rotatable bonds is 6. The molecule has 0 saturated heterocycles. The predicted octanol–water partition coefficient (Wildman–Crippen LogP) is 5.12. The van der Waals surface area contributed by atoms with Crippen molar-refractivity contribution >= 4 is 11.6 Å². The number of methoxy groups -OCH3 is 1. The molecule has 0 aliphatic heterocycles. The van der Waals surface area contributed by atoms with Crippen LogP contribution in [-0.2, 0) is 11.2 Å². The van der Waals surface area contributed by atoms with Gasteiger partial charge in [0, 0.05) is 11.3 Å². The maximum atomic E-state index is 12.6. The zero-order chi connectivity index (χ0) is 17.7. The fourth-order valence-electron chi connectivity index (χ4n) is 2.90. The fraction of sp³-hybridized carbons (Fsp3) is 0.381. The molecule has 1 N–H and O–H groups in total. The molecule has 3 heteroatoms. The summed E-state index contributed by atoms with van der Waals surface area (Å²) in [5.41, 5.74) is 4.21. The van der Waals surface area contributed by atoms with E-state index in [0.717, 1.165) is 17.0 Å². The van der Waals surface area contributed by atoms with E-state index in [2.05, 4.69) is 51.2 Å². The molecule has 128 valence electrons. The van der Waals surface area contributed by atoms with E-state index >= 15 is 0 Å². The fourth-order valence-corrected chi connectivity index (χ4v) is 2.90. The van der Waals surface area contributed by atoms with Crippen molar-refractivity contribution in [3.63, 3.8) is 0 Å². The number of nitrogens with one attached hydrogen (secondary N) is 1. The molecule has 0 radical (unpaired) electrons. The Morgan fingerprint density at radius 1 is 0.958 bits per heavy atom. The Labute approximate surface area is 145 Å². The van der Waals surface area contributed by atoms with E-state index in [1.54, 1.807) is 7.11 Å². The largest absolute Gasteiger partial charge is 0.496 e. The molecule has 2 rings (SSSR count). The molecule has 0 heterocycles. The Bertz CT molecular complexity index is 678. The maximum Gasteiger partial charge on any atom is 0.228 e. The number of para-hydroxylation sites is 2. The average Bonchev–Trinajstić information content (AvgIpc) is 2.55. The Hall–Kier alpha value is -2.29. The monoisotopic (exact) mass is 325 g/mol. The summed E-state index contributed by atoms with van der Waals surface area (Å²) in [6, 6.07) is 13.9. The van der Waals surface area contributed by atoms with Gasteiger partial charge in [-0.2, -0.15) is 0 Å². The van der Waals surface area contributed by atoms with Gasteiger partial charge >= 0.3 is 0 Å². The van der Waals surface area contributed by atoms with Gasteiger partial charge in [0.2, 0.25) is 5.91 Å². The van der Waals surface area contributed by atoms with Crippen molar-refractivity contribution in [2.75, 3.05) is 12.4 Å². The van der Waals surface area contributed by atoms with Gasteiger partial charge in [-0.1, -0.05) is 64.1 Å². The van der Waals surface area contributed by atoms with Crippen molar-refractivity contribution in [2.24, 2.45) is 0 Å². The number of anilines is 1. The Morgan fingerprint density at radius 3 is 2.08 bits per heavy atom. The van der Waals surface area contributed by atoms with Crippen molar-refractivity contribution in [2.45, 2.75) is 46.0 Å². The summed E-state index contributed by atoms with van der Waals surface area (Å²) in [4.78, 5) is 12.6. The van der Waals surface area contributed by atoms with Crippen LogP contribution in [0, 0.1) is 0 Å². The van der Waals surface area contributed by atoms with Crippen molar-refractivity contribution in [3.8, 4) is 5.75 Å². The summed E-state index contributed by atoms with van der Waals surface area (Å²) in [5, 5.41) is 3.15. The van der Waals surface area contributed by atoms with Crippen molar-refractivity contribution in [1.29, 1.82) is 0 Å². The predicted molar refractivity (Wildman–Crippen MR) is 99.9 cm³/mol. The quantitative estimate of drug-likeness (QED) is 0.800. The summed E-state index contributed by atoms with van der Waals surface area (Å²) in [5.74, 6) is 1.43. The SMILES string of the molecule is COc1ccccc1CC(=O)Nc1c(C(C)C)cccc1C(C)C. The minimum Gasteiger partial charge on any atom is -0.496 e. The first kappa shape index (κ1) is 18.1. The van der Waals surface area contributed by atoms with E-state index in [9.17, 15) is 4.79 Å². The lowest BCUT2D eigenvalue weighted by molar-refractivity contribution is -0.115. The van der Waals surface area contributed by atoms with Gasteiger partial charge in [0.15, 0.2) is 0 Å². The van der Waals surface area contributed by atoms with Crippen LogP contribution in [-0.4, -0.2) is 13.0 Å². The molecule has 0 aromatic heterocycles. The van der Waals surface area contributed by atoms with Gasteiger partial charge in [-0.15, -0.1) is 0 Å². The summed E-state index contributed by atoms with van der Waals surface area (Å²) >= 11 is 0. The van der Waals surface area contributed by atoms with Gasteiger partial charge in [-0.05, 0) is 29.0 Å². The molecule has 24 heavy (non-hydrogen) atoms. The summed E-state index contributed by atoms with van der Waals surface area (Å²) in [6.45, 7) is 8.59. The number of amides is 1. The molecular weight excluding hydrogens is 298 g/mol. The van der Waals surface area contributed by atoms with Crippen molar-refractivity contribution < 1.29 is 9.53 Å². The second kappa shape index (κ2) is 8.00. The standard InChI is InChI=1S/C21H27NO2/c1-14(2)17-10-8-11-18(15(3)4)21(17)22-20(23)13-16-9-6-7-12-19(16)24-5/h6-12,14-15H,13H2,1-5H3,(H,22,23). The summed E-state index contributed by atoms with van der Waals surface area (Å²) in [6.07, 6.45) is 0.300. The number of hydrogen-bond acceptors (Lipinski definition) is 2. The smallest absolute Gasteiger partial charge is 0.228 e. The van der Waals surface area contributed by atoms with E-state index in [4.69, 9.17) is 4.74 Å². The van der Waals surface area contributed by atoms with Crippen LogP contribution in [0.5, 0.6) is 5.75 Å². The molecule has 0 aliphatic carbocycles. The van der Waals surface area contributed by atoms with E-state index in [0.29, 0.717) is 18.3 Å². The molecular formula is C21H27NO2. The lowest BCUT2D eigenvalue weighted by Gasteiger charge is -2.20. The molecule has 2 aromatic rings. The van der Waals surface area contributed by atoms with Crippen molar-refractivity contribution in [3.05, 3.63) is 59.2 Å². The highest BCUT2D eigenvalue weighted by atomic mass is 16.5. The van der Waals surface area contributed by atoms with Gasteiger partial charge in [-0.3, -0.25) is 4.79 Å². The van der Waals surface area contributed by atoms with Crippen molar-refractivity contribution in [1.82, 2.24) is 0 Å². The zero-order valence-electron chi connectivity index (χ0n) is 15.2. The third-order valence-corrected chi connectivity index (χ3v) is 4.18. The molecule has 0 spiro atoms. The first-order valence-electron chi connectivity index (χ1n) is 8.48. The van der Waals surface area contributed by atoms with Gasteiger partial charge in [0.1, 0.15) is 5.75 Å². The highest BCUT2D eigenvalue weighted by molar-refractivity contribution is 5.94. The molecule has 0 aliphatic rings. The van der Waals surface area contributed by atoms with E-state index in [1.165, 1.54) is 11.1 Å². The van der Waals surface area contributed by atoms with Crippen LogP contribution < -0.4 is 10.1 Å². The summed E-state index contributed by atoms with van der Waals surface area (Å²) < 4.78 is 5.34. The first-order chi connectivity index (χ1) is 11.4. The molecule has 0 atom stereocenters. The van der Waals surface area contributed by atoms with Crippen LogP contribution in [0.25, 0.3) is 0 Å². The van der Waals surface area contributed by atoms with Crippen LogP contribution in [0.15, 0.2) is 42.5 Å². The third kappa shape index (κ3) is 4.16. The second-order valence-electron chi connectivity index (χ2n) is 6.66. The first-order valence-corrected chi connectivity index (χ1v) is 8.48. The zero-order valence-corrected chi connectivity index (χ0v) is 15.2. The number of carbonyl (C=O) groups is 1. The molecule has 2 aromatic carbocycles. The number of hydrogen-bond donors (Lipinski definition) is 1. The van der Waals surface area contributed by atoms with Gasteiger partial charge in [0.25, 0.3) is 0 Å². The lowest BCUT2D eigenvalue weighted by Crippen LogP contribution is -2.18. The normalized spacial score (nSPS) is 11.0. The van der Waals surface area contributed by atoms with E-state index in [1.807, 2.05) is 24.3 Å². The number of carbonyl (C=O) groups excluding carboxylic acids is 1. The summed E-state index contributed by atoms with van der Waals surface area (Å²) in [7, 11) is 1.63. The van der Waals surface area contributed by atoms with Crippen LogP contribution in [0.4, 0.5) is 5.69 Å². The molecule has 0 saturated carbocycles. The minimum absolute atomic E-state index is 0.0190. The lowest BCUT2D eigenvalue weighted by atomic mass is 9.92. The topological polar surface area (TPSA) is 38.3 Å². The molecule has 1 amide bonds. The van der Waals surface area contributed by atoms with Crippen LogP contribution in [0.3, 0.4) is 0 Å². The van der Waals surface area contributed by atoms with Crippen LogP contribution in [0.1, 0.15) is 56.2 Å². The molecule has 3 nitrogen and oxygen atoms in total. The average molecular weight is 325 g/mol. The highest BCUT2D eigenvalue weighted by Gasteiger charge is 2.16. The van der Waals surface area contributed by atoms with Crippen LogP contribution in [0.2, 0.25) is 0 Å². The van der Waals surface area contributed by atoms with Gasteiger partial charge in [0.05, 0.1) is 13.5 Å².